The summed E-state index contributed by atoms with van der Waals surface area (Å²) in [6.07, 6.45) is 0.992. The predicted octanol–water partition coefficient (Wildman–Crippen LogP) is 4.54. The zero-order valence-electron chi connectivity index (χ0n) is 17.0. The molecule has 0 radical (unpaired) electrons. The summed E-state index contributed by atoms with van der Waals surface area (Å²) in [6.45, 7) is 3.73. The molecular formula is C20H21ClFN5O3S. The molecule has 0 saturated carbocycles. The Morgan fingerprint density at radius 3 is 2.42 bits per heavy atom. The number of ether oxygens (including phenoxy) is 1. The number of methoxy groups -OCH3 is 1. The third kappa shape index (κ3) is 5.40. The van der Waals surface area contributed by atoms with Gasteiger partial charge in [-0.1, -0.05) is 31.5 Å². The maximum absolute atomic E-state index is 14.2. The lowest BCUT2D eigenvalue weighted by molar-refractivity contribution is 0.415. The largest absolute Gasteiger partial charge is 0.495 e. The van der Waals surface area contributed by atoms with Gasteiger partial charge in [0.2, 0.25) is 16.0 Å². The number of halogens is 2. The maximum atomic E-state index is 14.2. The number of nitrogens with two attached hydrogens (primary N) is 1. The molecular weight excluding hydrogens is 445 g/mol. The minimum Gasteiger partial charge on any atom is -0.495 e. The van der Waals surface area contributed by atoms with Crippen molar-refractivity contribution in [3.63, 3.8) is 0 Å². The number of hydrogen-bond donors (Lipinski definition) is 3. The molecule has 0 aliphatic rings. The fourth-order valence-corrected chi connectivity index (χ4v) is 4.04. The van der Waals surface area contributed by atoms with Crippen LogP contribution in [0.3, 0.4) is 0 Å². The number of primary sulfonamides is 1. The summed E-state index contributed by atoms with van der Waals surface area (Å²) in [5.74, 6) is -0.284. The summed E-state index contributed by atoms with van der Waals surface area (Å²) < 4.78 is 43.3. The monoisotopic (exact) mass is 465 g/mol. The highest BCUT2D eigenvalue weighted by Gasteiger charge is 2.17. The van der Waals surface area contributed by atoms with E-state index in [2.05, 4.69) is 20.6 Å². The van der Waals surface area contributed by atoms with Crippen LogP contribution < -0.4 is 20.5 Å². The molecule has 0 aliphatic heterocycles. The quantitative estimate of drug-likeness (QED) is 0.468. The standard InChI is InChI=1S/C20H21ClFN5O3S/c1-11(2)14-6-4-13(9-18(14)31(23,28)29)26-20-24-10-16(22)19(27-20)25-12-5-7-17(30-3)15(21)8-12/h4-11H,1-3H3,(H2,23,28,29)(H2,24,25,26,27). The van der Waals surface area contributed by atoms with Crippen LogP contribution >= 0.6 is 11.6 Å². The zero-order chi connectivity index (χ0) is 22.8. The summed E-state index contributed by atoms with van der Waals surface area (Å²) in [7, 11) is -2.44. The highest BCUT2D eigenvalue weighted by Crippen LogP contribution is 2.30. The Morgan fingerprint density at radius 1 is 1.13 bits per heavy atom. The Hall–Kier alpha value is -2.95. The van der Waals surface area contributed by atoms with Crippen LogP contribution in [0.15, 0.2) is 47.5 Å². The van der Waals surface area contributed by atoms with Crippen molar-refractivity contribution in [3.05, 3.63) is 59.0 Å². The van der Waals surface area contributed by atoms with Crippen LogP contribution in [0.5, 0.6) is 5.75 Å². The van der Waals surface area contributed by atoms with E-state index in [1.165, 1.54) is 13.2 Å². The minimum absolute atomic E-state index is 0.000773. The Morgan fingerprint density at radius 2 is 1.81 bits per heavy atom. The number of anilines is 4. The van der Waals surface area contributed by atoms with Crippen molar-refractivity contribution in [2.24, 2.45) is 5.14 Å². The number of rotatable bonds is 7. The number of aromatic nitrogens is 2. The lowest BCUT2D eigenvalue weighted by Gasteiger charge is -2.14. The lowest BCUT2D eigenvalue weighted by atomic mass is 10.0. The number of sulfonamides is 1. The smallest absolute Gasteiger partial charge is 0.238 e. The van der Waals surface area contributed by atoms with Crippen LogP contribution in [0.2, 0.25) is 5.02 Å². The van der Waals surface area contributed by atoms with Crippen LogP contribution in [0.1, 0.15) is 25.3 Å². The molecule has 0 bridgehead atoms. The molecule has 31 heavy (non-hydrogen) atoms. The van der Waals surface area contributed by atoms with Crippen molar-refractivity contribution in [3.8, 4) is 5.75 Å². The first kappa shape index (κ1) is 22.7. The average Bonchev–Trinajstić information content (AvgIpc) is 2.70. The van der Waals surface area contributed by atoms with Gasteiger partial charge in [-0.3, -0.25) is 0 Å². The van der Waals surface area contributed by atoms with E-state index in [1.54, 1.807) is 30.3 Å². The van der Waals surface area contributed by atoms with Gasteiger partial charge in [-0.15, -0.1) is 0 Å². The third-order valence-electron chi connectivity index (χ3n) is 4.36. The topological polar surface area (TPSA) is 119 Å². The Balaban J connectivity index is 1.89. The Bertz CT molecular complexity index is 1220. The normalized spacial score (nSPS) is 11.5. The summed E-state index contributed by atoms with van der Waals surface area (Å²) in [5, 5.41) is 11.4. The molecule has 2 aromatic carbocycles. The number of nitrogens with zero attached hydrogens (tertiary/aromatic N) is 2. The molecule has 0 saturated heterocycles. The van der Waals surface area contributed by atoms with Crippen LogP contribution in [-0.2, 0) is 10.0 Å². The summed E-state index contributed by atoms with van der Waals surface area (Å²) in [6, 6.07) is 9.59. The molecule has 4 N–H and O–H groups in total. The lowest BCUT2D eigenvalue weighted by Crippen LogP contribution is -2.15. The molecule has 0 fully saturated rings. The molecule has 0 spiro atoms. The van der Waals surface area contributed by atoms with Crippen molar-refractivity contribution in [1.29, 1.82) is 0 Å². The van der Waals surface area contributed by atoms with Crippen molar-refractivity contribution in [1.82, 2.24) is 9.97 Å². The van der Waals surface area contributed by atoms with Gasteiger partial charge in [0, 0.05) is 11.4 Å². The Kier molecular flexibility index (Phi) is 6.63. The van der Waals surface area contributed by atoms with Crippen LogP contribution in [0.4, 0.5) is 27.5 Å². The van der Waals surface area contributed by atoms with E-state index in [4.69, 9.17) is 21.5 Å². The first-order chi connectivity index (χ1) is 14.6. The first-order valence-corrected chi connectivity index (χ1v) is 11.1. The van der Waals surface area contributed by atoms with Crippen LogP contribution in [0.25, 0.3) is 0 Å². The fraction of sp³-hybridized carbons (Fsp3) is 0.200. The molecule has 1 aromatic heterocycles. The molecule has 3 rings (SSSR count). The van der Waals surface area contributed by atoms with Gasteiger partial charge < -0.3 is 15.4 Å². The maximum Gasteiger partial charge on any atom is 0.238 e. The SMILES string of the molecule is COc1ccc(Nc2nc(Nc3ccc(C(C)C)c(S(N)(=O)=O)c3)ncc2F)cc1Cl. The molecule has 1 heterocycles. The second-order valence-electron chi connectivity index (χ2n) is 6.94. The van der Waals surface area contributed by atoms with Gasteiger partial charge in [0.25, 0.3) is 0 Å². The van der Waals surface area contributed by atoms with Gasteiger partial charge in [0.05, 0.1) is 23.2 Å². The number of hydrogen-bond acceptors (Lipinski definition) is 7. The molecule has 0 amide bonds. The minimum atomic E-state index is -3.93. The second kappa shape index (κ2) is 9.04. The summed E-state index contributed by atoms with van der Waals surface area (Å²) in [4.78, 5) is 8.03. The average molecular weight is 466 g/mol. The molecule has 0 aliphatic carbocycles. The fourth-order valence-electron chi connectivity index (χ4n) is 2.86. The van der Waals surface area contributed by atoms with Crippen molar-refractivity contribution < 1.29 is 17.5 Å². The van der Waals surface area contributed by atoms with E-state index >= 15 is 0 Å². The molecule has 11 heteroatoms. The van der Waals surface area contributed by atoms with E-state index in [0.717, 1.165) is 6.20 Å². The molecule has 8 nitrogen and oxygen atoms in total. The van der Waals surface area contributed by atoms with Gasteiger partial charge in [-0.2, -0.15) is 4.98 Å². The van der Waals surface area contributed by atoms with Crippen LogP contribution in [0, 0.1) is 5.82 Å². The molecule has 0 atom stereocenters. The van der Waals surface area contributed by atoms with Gasteiger partial charge >= 0.3 is 0 Å². The van der Waals surface area contributed by atoms with Gasteiger partial charge in [-0.05, 0) is 41.8 Å². The molecule has 0 unspecified atom stereocenters. The number of nitrogens with one attached hydrogen (secondary N) is 2. The van der Waals surface area contributed by atoms with E-state index in [1.807, 2.05) is 13.8 Å². The molecule has 164 valence electrons. The van der Waals surface area contributed by atoms with Gasteiger partial charge in [0.1, 0.15) is 5.75 Å². The van der Waals surface area contributed by atoms with Crippen molar-refractivity contribution >= 4 is 44.8 Å². The first-order valence-electron chi connectivity index (χ1n) is 9.15. The highest BCUT2D eigenvalue weighted by atomic mass is 35.5. The number of benzene rings is 2. The van der Waals surface area contributed by atoms with Gasteiger partial charge in [0.15, 0.2) is 11.6 Å². The molecule has 3 aromatic rings. The Labute approximate surface area is 184 Å². The second-order valence-corrected chi connectivity index (χ2v) is 8.88. The summed E-state index contributed by atoms with van der Waals surface area (Å²) in [5.41, 5.74) is 1.47. The van der Waals surface area contributed by atoms with E-state index < -0.39 is 15.8 Å². The van der Waals surface area contributed by atoms with E-state index in [0.29, 0.717) is 27.7 Å². The van der Waals surface area contributed by atoms with Crippen LogP contribution in [-0.4, -0.2) is 25.5 Å². The van der Waals surface area contributed by atoms with Crippen molar-refractivity contribution in [2.75, 3.05) is 17.7 Å². The third-order valence-corrected chi connectivity index (χ3v) is 5.62. The zero-order valence-corrected chi connectivity index (χ0v) is 18.6. The van der Waals surface area contributed by atoms with Crippen molar-refractivity contribution in [2.45, 2.75) is 24.7 Å². The highest BCUT2D eigenvalue weighted by molar-refractivity contribution is 7.89. The van der Waals surface area contributed by atoms with E-state index in [-0.39, 0.29) is 22.6 Å². The van der Waals surface area contributed by atoms with Gasteiger partial charge in [-0.25, -0.2) is 22.9 Å². The summed E-state index contributed by atoms with van der Waals surface area (Å²) >= 11 is 6.10. The van der Waals surface area contributed by atoms with E-state index in [9.17, 15) is 12.8 Å². The predicted molar refractivity (Wildman–Crippen MR) is 118 cm³/mol.